The Kier molecular flexibility index (Phi) is 3.79. The molecule has 3 aromatic rings. The number of para-hydroxylation sites is 1. The summed E-state index contributed by atoms with van der Waals surface area (Å²) in [5, 5.41) is 5.35. The number of benzene rings is 3. The number of hydrogen-bond acceptors (Lipinski definition) is 2. The first kappa shape index (κ1) is 14.1. The fraction of sp³-hybridized carbons (Fsp3) is 0.105. The molecular weight excluding hydrogens is 272 g/mol. The molecule has 22 heavy (non-hydrogen) atoms. The molecule has 1 atom stereocenters. The van der Waals surface area contributed by atoms with E-state index in [4.69, 9.17) is 5.73 Å². The van der Waals surface area contributed by atoms with Crippen LogP contribution in [0.2, 0.25) is 0 Å². The van der Waals surface area contributed by atoms with Gasteiger partial charge in [-0.1, -0.05) is 54.6 Å². The molecule has 0 radical (unpaired) electrons. The minimum atomic E-state index is -0.154. The maximum Gasteiger partial charge on any atom is 0.253 e. The van der Waals surface area contributed by atoms with Crippen molar-refractivity contribution in [3.05, 3.63) is 77.9 Å². The molecule has 0 fully saturated rings. The molecule has 0 bridgehead atoms. The lowest BCUT2D eigenvalue weighted by Gasteiger charge is -2.17. The van der Waals surface area contributed by atoms with Crippen LogP contribution in [0.3, 0.4) is 0 Å². The van der Waals surface area contributed by atoms with Gasteiger partial charge in [0.1, 0.15) is 0 Å². The van der Waals surface area contributed by atoms with Gasteiger partial charge in [0.2, 0.25) is 0 Å². The number of anilines is 1. The van der Waals surface area contributed by atoms with Crippen LogP contribution in [0.15, 0.2) is 66.7 Å². The third-order valence-corrected chi connectivity index (χ3v) is 3.84. The average Bonchev–Trinajstić information content (AvgIpc) is 2.54. The van der Waals surface area contributed by atoms with E-state index in [9.17, 15) is 4.79 Å². The molecule has 0 aliphatic carbocycles. The maximum atomic E-state index is 12.4. The van der Waals surface area contributed by atoms with Gasteiger partial charge in [0.25, 0.3) is 5.91 Å². The molecule has 0 spiro atoms. The molecular formula is C19H18N2O. The van der Waals surface area contributed by atoms with Gasteiger partial charge in [-0.3, -0.25) is 4.79 Å². The van der Waals surface area contributed by atoms with E-state index in [0.717, 1.165) is 10.9 Å². The van der Waals surface area contributed by atoms with Crippen molar-refractivity contribution in [3.8, 4) is 0 Å². The number of nitrogens with one attached hydrogen (secondary N) is 1. The Morgan fingerprint density at radius 3 is 2.45 bits per heavy atom. The Morgan fingerprint density at radius 1 is 0.955 bits per heavy atom. The van der Waals surface area contributed by atoms with Crippen molar-refractivity contribution in [1.82, 2.24) is 5.32 Å². The summed E-state index contributed by atoms with van der Waals surface area (Å²) in [6.07, 6.45) is 0. The van der Waals surface area contributed by atoms with Crippen molar-refractivity contribution in [2.75, 3.05) is 5.73 Å². The largest absolute Gasteiger partial charge is 0.398 e. The van der Waals surface area contributed by atoms with E-state index < -0.39 is 0 Å². The topological polar surface area (TPSA) is 55.1 Å². The Hall–Kier alpha value is -2.81. The van der Waals surface area contributed by atoms with E-state index in [1.807, 2.05) is 43.3 Å². The number of nitrogens with two attached hydrogens (primary N) is 1. The predicted octanol–water partition coefficient (Wildman–Crippen LogP) is 3.91. The van der Waals surface area contributed by atoms with Gasteiger partial charge in [-0.2, -0.15) is 0 Å². The van der Waals surface area contributed by atoms with Gasteiger partial charge < -0.3 is 11.1 Å². The average molecular weight is 290 g/mol. The molecule has 3 rings (SSSR count). The number of carbonyl (C=O) groups is 1. The summed E-state index contributed by atoms with van der Waals surface area (Å²) in [7, 11) is 0. The Bertz CT molecular complexity index is 821. The first-order chi connectivity index (χ1) is 10.7. The summed E-state index contributed by atoms with van der Waals surface area (Å²) in [6, 6.07) is 21.3. The number of amides is 1. The minimum Gasteiger partial charge on any atom is -0.398 e. The summed E-state index contributed by atoms with van der Waals surface area (Å²) < 4.78 is 0. The maximum absolute atomic E-state index is 12.4. The number of nitrogen functional groups attached to an aromatic ring is 1. The summed E-state index contributed by atoms with van der Waals surface area (Å²) >= 11 is 0. The molecule has 0 aliphatic heterocycles. The lowest BCUT2D eigenvalue weighted by molar-refractivity contribution is 0.0941. The third-order valence-electron chi connectivity index (χ3n) is 3.84. The van der Waals surface area contributed by atoms with Crippen LogP contribution in [-0.4, -0.2) is 5.91 Å². The number of carbonyl (C=O) groups excluding carboxylic acids is 1. The van der Waals surface area contributed by atoms with Crippen LogP contribution in [-0.2, 0) is 0 Å². The third kappa shape index (κ3) is 2.66. The van der Waals surface area contributed by atoms with Crippen molar-refractivity contribution in [2.45, 2.75) is 13.0 Å². The summed E-state index contributed by atoms with van der Waals surface area (Å²) in [6.45, 7) is 1.98. The van der Waals surface area contributed by atoms with E-state index in [1.165, 1.54) is 5.39 Å². The second-order valence-corrected chi connectivity index (χ2v) is 5.35. The van der Waals surface area contributed by atoms with E-state index >= 15 is 0 Å². The minimum absolute atomic E-state index is 0.0989. The highest BCUT2D eigenvalue weighted by molar-refractivity contribution is 5.99. The molecule has 0 unspecified atom stereocenters. The molecule has 0 heterocycles. The van der Waals surface area contributed by atoms with E-state index in [-0.39, 0.29) is 11.9 Å². The van der Waals surface area contributed by atoms with E-state index in [2.05, 4.69) is 23.5 Å². The first-order valence-electron chi connectivity index (χ1n) is 7.30. The summed E-state index contributed by atoms with van der Waals surface area (Å²) in [5.74, 6) is -0.154. The fourth-order valence-electron chi connectivity index (χ4n) is 2.68. The van der Waals surface area contributed by atoms with Crippen molar-refractivity contribution in [1.29, 1.82) is 0 Å². The summed E-state index contributed by atoms with van der Waals surface area (Å²) in [4.78, 5) is 12.4. The van der Waals surface area contributed by atoms with Crippen LogP contribution >= 0.6 is 0 Å². The van der Waals surface area contributed by atoms with Crippen LogP contribution in [0.4, 0.5) is 5.69 Å². The molecule has 3 aromatic carbocycles. The molecule has 0 aromatic heterocycles. The van der Waals surface area contributed by atoms with E-state index in [1.54, 1.807) is 12.1 Å². The standard InChI is InChI=1S/C19H18N2O/c1-13(21-19(22)17-10-4-5-12-18(17)20)15-11-6-8-14-7-2-3-9-16(14)15/h2-13H,20H2,1H3,(H,21,22)/t13-/m1/s1. The monoisotopic (exact) mass is 290 g/mol. The van der Waals surface area contributed by atoms with E-state index in [0.29, 0.717) is 11.3 Å². The Morgan fingerprint density at radius 2 is 1.64 bits per heavy atom. The second kappa shape index (κ2) is 5.90. The predicted molar refractivity (Wildman–Crippen MR) is 90.7 cm³/mol. The second-order valence-electron chi connectivity index (χ2n) is 5.35. The number of rotatable bonds is 3. The number of hydrogen-bond donors (Lipinski definition) is 2. The lowest BCUT2D eigenvalue weighted by Crippen LogP contribution is -2.27. The Labute approximate surface area is 129 Å². The summed E-state index contributed by atoms with van der Waals surface area (Å²) in [5.41, 5.74) is 7.96. The van der Waals surface area contributed by atoms with Crippen LogP contribution in [0.1, 0.15) is 28.9 Å². The normalized spacial score (nSPS) is 12.0. The first-order valence-corrected chi connectivity index (χ1v) is 7.30. The number of fused-ring (bicyclic) bond motifs is 1. The molecule has 3 heteroatoms. The molecule has 0 saturated carbocycles. The van der Waals surface area contributed by atoms with Gasteiger partial charge in [-0.05, 0) is 35.4 Å². The fourth-order valence-corrected chi connectivity index (χ4v) is 2.68. The van der Waals surface area contributed by atoms with Crippen LogP contribution in [0.25, 0.3) is 10.8 Å². The van der Waals surface area contributed by atoms with Gasteiger partial charge in [0, 0.05) is 5.69 Å². The molecule has 110 valence electrons. The molecule has 0 saturated heterocycles. The van der Waals surface area contributed by atoms with Gasteiger partial charge in [0.15, 0.2) is 0 Å². The van der Waals surface area contributed by atoms with Crippen LogP contribution in [0.5, 0.6) is 0 Å². The highest BCUT2D eigenvalue weighted by Crippen LogP contribution is 2.24. The zero-order chi connectivity index (χ0) is 15.5. The molecule has 3 N–H and O–H groups in total. The molecule has 0 aliphatic rings. The van der Waals surface area contributed by atoms with Crippen molar-refractivity contribution >= 4 is 22.4 Å². The van der Waals surface area contributed by atoms with Crippen LogP contribution in [0, 0.1) is 0 Å². The SMILES string of the molecule is C[C@@H](NC(=O)c1ccccc1N)c1cccc2ccccc12. The van der Waals surface area contributed by atoms with Gasteiger partial charge >= 0.3 is 0 Å². The van der Waals surface area contributed by atoms with Crippen molar-refractivity contribution < 1.29 is 4.79 Å². The van der Waals surface area contributed by atoms with Gasteiger partial charge in [0.05, 0.1) is 11.6 Å². The molecule has 3 nitrogen and oxygen atoms in total. The zero-order valence-corrected chi connectivity index (χ0v) is 12.4. The highest BCUT2D eigenvalue weighted by atomic mass is 16.1. The van der Waals surface area contributed by atoms with Gasteiger partial charge in [-0.25, -0.2) is 0 Å². The van der Waals surface area contributed by atoms with Gasteiger partial charge in [-0.15, -0.1) is 0 Å². The quantitative estimate of drug-likeness (QED) is 0.718. The smallest absolute Gasteiger partial charge is 0.253 e. The van der Waals surface area contributed by atoms with Crippen LogP contribution < -0.4 is 11.1 Å². The van der Waals surface area contributed by atoms with Crippen molar-refractivity contribution in [2.24, 2.45) is 0 Å². The zero-order valence-electron chi connectivity index (χ0n) is 12.4. The Balaban J connectivity index is 1.89. The van der Waals surface area contributed by atoms with Crippen molar-refractivity contribution in [3.63, 3.8) is 0 Å². The lowest BCUT2D eigenvalue weighted by atomic mass is 9.99. The molecule has 1 amide bonds. The highest BCUT2D eigenvalue weighted by Gasteiger charge is 2.14.